The Morgan fingerprint density at radius 2 is 2.20 bits per heavy atom. The van der Waals surface area contributed by atoms with Gasteiger partial charge in [0, 0.05) is 23.2 Å². The topological polar surface area (TPSA) is 69.6 Å². The number of aromatic nitrogens is 2. The highest BCUT2D eigenvalue weighted by Crippen LogP contribution is 2.33. The van der Waals surface area contributed by atoms with Crippen molar-refractivity contribution in [3.8, 4) is 5.69 Å². The molecule has 0 saturated carbocycles. The molecule has 0 amide bonds. The van der Waals surface area contributed by atoms with Gasteiger partial charge in [-0.25, -0.2) is 9.98 Å². The van der Waals surface area contributed by atoms with Gasteiger partial charge in [-0.3, -0.25) is 9.36 Å². The number of halogens is 1. The summed E-state index contributed by atoms with van der Waals surface area (Å²) in [6, 6.07) is 9.51. The Morgan fingerprint density at radius 1 is 1.36 bits per heavy atom. The zero-order valence-corrected chi connectivity index (χ0v) is 15.1. The number of rotatable bonds is 2. The lowest BCUT2D eigenvalue weighted by Gasteiger charge is -2.12. The molecular weight excluding hydrogens is 386 g/mol. The van der Waals surface area contributed by atoms with Crippen LogP contribution in [0, 0.1) is 6.92 Å². The molecule has 0 bridgehead atoms. The van der Waals surface area contributed by atoms with Crippen LogP contribution in [0.25, 0.3) is 5.69 Å². The summed E-state index contributed by atoms with van der Waals surface area (Å²) < 4.78 is 13.8. The van der Waals surface area contributed by atoms with Gasteiger partial charge in [-0.1, -0.05) is 15.9 Å². The van der Waals surface area contributed by atoms with Crippen LogP contribution < -0.4 is 0 Å². The van der Waals surface area contributed by atoms with Crippen LogP contribution in [0.5, 0.6) is 0 Å². The van der Waals surface area contributed by atoms with E-state index >= 15 is 0 Å². The molecule has 3 heterocycles. The summed E-state index contributed by atoms with van der Waals surface area (Å²) in [6.45, 7) is 3.25. The number of nitrogens with zero attached hydrogens (tertiary/aromatic N) is 3. The summed E-state index contributed by atoms with van der Waals surface area (Å²) in [5.74, 6) is 0.726. The van der Waals surface area contributed by atoms with Crippen molar-refractivity contribution < 1.29 is 13.9 Å². The minimum absolute atomic E-state index is 0.424. The number of benzene rings is 1. The van der Waals surface area contributed by atoms with E-state index in [0.29, 0.717) is 17.3 Å². The summed E-state index contributed by atoms with van der Waals surface area (Å²) in [6.07, 6.45) is 2.64. The predicted octanol–water partition coefficient (Wildman–Crippen LogP) is 3.95. The molecular formula is C18H14BrN3O3. The Kier molecular flexibility index (Phi) is 3.80. The van der Waals surface area contributed by atoms with E-state index in [9.17, 15) is 4.79 Å². The lowest BCUT2D eigenvalue weighted by Crippen LogP contribution is -2.11. The zero-order valence-electron chi connectivity index (χ0n) is 13.6. The van der Waals surface area contributed by atoms with Crippen LogP contribution in [-0.4, -0.2) is 21.2 Å². The van der Waals surface area contributed by atoms with E-state index in [1.54, 1.807) is 12.3 Å². The number of hydrogen-bond donors (Lipinski definition) is 0. The van der Waals surface area contributed by atoms with Gasteiger partial charge < -0.3 is 9.15 Å². The standard InChI is InChI=1S/C18H14BrN3O3/c1-10-9-22-14-6-5-12(19)8-13(14)16(15-4-3-7-24-15)21-18(17(22)20-10)25-11(2)23/h3-9,18H,1-2H3. The van der Waals surface area contributed by atoms with Gasteiger partial charge in [0.2, 0.25) is 0 Å². The second-order valence-electron chi connectivity index (χ2n) is 5.69. The molecule has 0 aliphatic carbocycles. The van der Waals surface area contributed by atoms with Crippen LogP contribution in [0.2, 0.25) is 0 Å². The van der Waals surface area contributed by atoms with E-state index in [1.807, 2.05) is 42.0 Å². The first-order chi connectivity index (χ1) is 12.0. The number of furan rings is 1. The van der Waals surface area contributed by atoms with Crippen molar-refractivity contribution >= 4 is 27.6 Å². The fourth-order valence-electron chi connectivity index (χ4n) is 2.88. The molecule has 7 heteroatoms. The van der Waals surface area contributed by atoms with E-state index < -0.39 is 12.2 Å². The lowest BCUT2D eigenvalue weighted by molar-refractivity contribution is -0.146. The summed E-state index contributed by atoms with van der Waals surface area (Å²) >= 11 is 3.51. The normalized spacial score (nSPS) is 15.8. The smallest absolute Gasteiger partial charge is 0.304 e. The maximum Gasteiger partial charge on any atom is 0.304 e. The number of hydrogen-bond acceptors (Lipinski definition) is 5. The first kappa shape index (κ1) is 15.8. The Bertz CT molecular complexity index is 989. The summed E-state index contributed by atoms with van der Waals surface area (Å²) in [5, 5.41) is 0. The fourth-order valence-corrected chi connectivity index (χ4v) is 3.24. The number of carbonyl (C=O) groups is 1. The van der Waals surface area contributed by atoms with Crippen LogP contribution in [-0.2, 0) is 9.53 Å². The van der Waals surface area contributed by atoms with Crippen molar-refractivity contribution in [3.63, 3.8) is 0 Å². The molecule has 126 valence electrons. The monoisotopic (exact) mass is 399 g/mol. The van der Waals surface area contributed by atoms with Gasteiger partial charge in [-0.15, -0.1) is 0 Å². The first-order valence-corrected chi connectivity index (χ1v) is 8.47. The summed E-state index contributed by atoms with van der Waals surface area (Å²) in [5.41, 5.74) is 3.18. The first-order valence-electron chi connectivity index (χ1n) is 7.68. The molecule has 0 fully saturated rings. The Labute approximate surface area is 152 Å². The maximum atomic E-state index is 11.6. The van der Waals surface area contributed by atoms with Gasteiger partial charge in [0.25, 0.3) is 6.23 Å². The van der Waals surface area contributed by atoms with Crippen molar-refractivity contribution in [3.05, 3.63) is 70.1 Å². The van der Waals surface area contributed by atoms with Crippen LogP contribution >= 0.6 is 15.9 Å². The van der Waals surface area contributed by atoms with Crippen LogP contribution in [0.1, 0.15) is 36.0 Å². The minimum atomic E-state index is -0.850. The van der Waals surface area contributed by atoms with Crippen molar-refractivity contribution in [2.24, 2.45) is 4.99 Å². The molecule has 3 aromatic rings. The molecule has 1 atom stereocenters. The van der Waals surface area contributed by atoms with Crippen LogP contribution in [0.3, 0.4) is 0 Å². The third-order valence-electron chi connectivity index (χ3n) is 3.83. The van der Waals surface area contributed by atoms with E-state index in [0.717, 1.165) is 21.4 Å². The molecule has 0 spiro atoms. The number of aryl methyl sites for hydroxylation is 1. The van der Waals surface area contributed by atoms with Crippen molar-refractivity contribution in [1.29, 1.82) is 0 Å². The second kappa shape index (κ2) is 6.00. The average molecular weight is 400 g/mol. The number of imidazole rings is 1. The fraction of sp³-hybridized carbons (Fsp3) is 0.167. The summed E-state index contributed by atoms with van der Waals surface area (Å²) in [4.78, 5) is 20.8. The van der Waals surface area contributed by atoms with Gasteiger partial charge in [-0.2, -0.15) is 0 Å². The number of esters is 1. The van der Waals surface area contributed by atoms with Crippen LogP contribution in [0.4, 0.5) is 0 Å². The lowest BCUT2D eigenvalue weighted by atomic mass is 10.1. The SMILES string of the molecule is CC(=O)OC1N=C(c2ccco2)c2cc(Br)ccc2-n2cc(C)nc21. The number of aliphatic imine (C=N–C) groups is 1. The van der Waals surface area contributed by atoms with E-state index in [-0.39, 0.29) is 0 Å². The van der Waals surface area contributed by atoms with E-state index in [1.165, 1.54) is 6.92 Å². The molecule has 2 aromatic heterocycles. The molecule has 1 aliphatic rings. The third-order valence-corrected chi connectivity index (χ3v) is 4.32. The van der Waals surface area contributed by atoms with Gasteiger partial charge in [0.05, 0.1) is 17.6 Å². The maximum absolute atomic E-state index is 11.6. The van der Waals surface area contributed by atoms with Crippen molar-refractivity contribution in [2.45, 2.75) is 20.1 Å². The highest BCUT2D eigenvalue weighted by molar-refractivity contribution is 9.10. The largest absolute Gasteiger partial charge is 0.463 e. The zero-order chi connectivity index (χ0) is 17.6. The molecule has 1 aromatic carbocycles. The quantitative estimate of drug-likeness (QED) is 0.611. The van der Waals surface area contributed by atoms with Gasteiger partial charge in [0.15, 0.2) is 11.6 Å². The number of carbonyl (C=O) groups excluding carboxylic acids is 1. The average Bonchev–Trinajstić information content (AvgIpc) is 3.18. The minimum Gasteiger partial charge on any atom is -0.463 e. The molecule has 6 nitrogen and oxygen atoms in total. The number of ether oxygens (including phenoxy) is 1. The van der Waals surface area contributed by atoms with Crippen molar-refractivity contribution in [2.75, 3.05) is 0 Å². The van der Waals surface area contributed by atoms with Gasteiger partial charge in [-0.05, 0) is 37.3 Å². The molecule has 25 heavy (non-hydrogen) atoms. The van der Waals surface area contributed by atoms with Crippen molar-refractivity contribution in [1.82, 2.24) is 9.55 Å². The molecule has 0 saturated heterocycles. The van der Waals surface area contributed by atoms with Crippen LogP contribution in [0.15, 0.2) is 56.7 Å². The highest BCUT2D eigenvalue weighted by atomic mass is 79.9. The third kappa shape index (κ3) is 2.80. The predicted molar refractivity (Wildman–Crippen MR) is 94.9 cm³/mol. The second-order valence-corrected chi connectivity index (χ2v) is 6.60. The highest BCUT2D eigenvalue weighted by Gasteiger charge is 2.29. The molecule has 0 N–H and O–H groups in total. The molecule has 4 rings (SSSR count). The molecule has 1 aliphatic heterocycles. The number of fused-ring (bicyclic) bond motifs is 3. The van der Waals surface area contributed by atoms with Gasteiger partial charge in [0.1, 0.15) is 5.71 Å². The Morgan fingerprint density at radius 3 is 2.92 bits per heavy atom. The Balaban J connectivity index is 2.02. The molecule has 1 unspecified atom stereocenters. The molecule has 0 radical (unpaired) electrons. The summed E-state index contributed by atoms with van der Waals surface area (Å²) in [7, 11) is 0. The Hall–Kier alpha value is -2.67. The van der Waals surface area contributed by atoms with Gasteiger partial charge >= 0.3 is 5.97 Å². The van der Waals surface area contributed by atoms with E-state index in [4.69, 9.17) is 9.15 Å². The van der Waals surface area contributed by atoms with E-state index in [2.05, 4.69) is 25.9 Å².